The average molecular weight is 341 g/mol. The van der Waals surface area contributed by atoms with E-state index in [0.717, 1.165) is 16.2 Å². The molecule has 0 spiro atoms. The molecule has 0 aliphatic heterocycles. The molecule has 3 aromatic rings. The second-order valence-electron chi connectivity index (χ2n) is 5.13. The number of carbonyl (C=O) groups is 1. The topological polar surface area (TPSA) is 46.9 Å². The first-order chi connectivity index (χ1) is 11.7. The highest BCUT2D eigenvalue weighted by Crippen LogP contribution is 2.24. The highest BCUT2D eigenvalue weighted by molar-refractivity contribution is 7.99. The van der Waals surface area contributed by atoms with Crippen molar-refractivity contribution < 1.29 is 9.18 Å². The van der Waals surface area contributed by atoms with E-state index in [2.05, 4.69) is 16.9 Å². The number of para-hydroxylation sites is 2. The molecular formula is C18H16FN3OS. The zero-order valence-corrected chi connectivity index (χ0v) is 13.7. The molecule has 4 nitrogen and oxygen atoms in total. The van der Waals surface area contributed by atoms with E-state index in [1.54, 1.807) is 18.2 Å². The number of hydrogen-bond donors (Lipinski definition) is 1. The molecule has 0 saturated carbocycles. The Morgan fingerprint density at radius 3 is 2.92 bits per heavy atom. The number of halogens is 1. The van der Waals surface area contributed by atoms with Crippen molar-refractivity contribution in [1.82, 2.24) is 9.55 Å². The van der Waals surface area contributed by atoms with Gasteiger partial charge in [0.1, 0.15) is 5.82 Å². The molecule has 122 valence electrons. The molecule has 1 aromatic heterocycles. The molecule has 1 N–H and O–H groups in total. The molecule has 0 fully saturated rings. The van der Waals surface area contributed by atoms with Crippen molar-refractivity contribution in [3.8, 4) is 0 Å². The molecule has 0 bridgehead atoms. The van der Waals surface area contributed by atoms with Crippen LogP contribution < -0.4 is 5.32 Å². The van der Waals surface area contributed by atoms with E-state index in [4.69, 9.17) is 0 Å². The van der Waals surface area contributed by atoms with E-state index in [9.17, 15) is 9.18 Å². The largest absolute Gasteiger partial charge is 0.325 e. The number of hydrogen-bond acceptors (Lipinski definition) is 3. The third-order valence-electron chi connectivity index (χ3n) is 3.37. The smallest absolute Gasteiger partial charge is 0.234 e. The number of carbonyl (C=O) groups excluding carboxylic acids is 1. The number of aromatic nitrogens is 2. The summed E-state index contributed by atoms with van der Waals surface area (Å²) in [6.45, 7) is 4.39. The van der Waals surface area contributed by atoms with Crippen LogP contribution in [0.4, 0.5) is 10.1 Å². The summed E-state index contributed by atoms with van der Waals surface area (Å²) in [5, 5.41) is 3.44. The van der Waals surface area contributed by atoms with Gasteiger partial charge in [0, 0.05) is 12.2 Å². The third kappa shape index (κ3) is 3.65. The zero-order chi connectivity index (χ0) is 16.9. The lowest BCUT2D eigenvalue weighted by atomic mass is 10.3. The molecule has 24 heavy (non-hydrogen) atoms. The van der Waals surface area contributed by atoms with Gasteiger partial charge in [-0.05, 0) is 30.3 Å². The predicted molar refractivity (Wildman–Crippen MR) is 95.7 cm³/mol. The van der Waals surface area contributed by atoms with E-state index in [-0.39, 0.29) is 17.5 Å². The number of benzene rings is 2. The van der Waals surface area contributed by atoms with Crippen LogP contribution in [0.15, 0.2) is 66.3 Å². The highest BCUT2D eigenvalue weighted by atomic mass is 32.2. The van der Waals surface area contributed by atoms with Crippen molar-refractivity contribution >= 4 is 34.4 Å². The molecule has 0 saturated heterocycles. The lowest BCUT2D eigenvalue weighted by Gasteiger charge is -2.07. The number of imidazole rings is 1. The zero-order valence-electron chi connectivity index (χ0n) is 12.9. The maximum atomic E-state index is 13.1. The molecular weight excluding hydrogens is 325 g/mol. The summed E-state index contributed by atoms with van der Waals surface area (Å²) in [7, 11) is 0. The van der Waals surface area contributed by atoms with Gasteiger partial charge in [0.15, 0.2) is 5.16 Å². The Morgan fingerprint density at radius 2 is 2.12 bits per heavy atom. The minimum Gasteiger partial charge on any atom is -0.325 e. The molecule has 0 unspecified atom stereocenters. The van der Waals surface area contributed by atoms with E-state index in [1.165, 1.54) is 23.9 Å². The van der Waals surface area contributed by atoms with E-state index >= 15 is 0 Å². The van der Waals surface area contributed by atoms with Crippen LogP contribution in [0.3, 0.4) is 0 Å². The monoisotopic (exact) mass is 341 g/mol. The van der Waals surface area contributed by atoms with Crippen molar-refractivity contribution in [3.63, 3.8) is 0 Å². The number of fused-ring (bicyclic) bond motifs is 1. The van der Waals surface area contributed by atoms with Crippen LogP contribution in [-0.2, 0) is 11.3 Å². The summed E-state index contributed by atoms with van der Waals surface area (Å²) in [6, 6.07) is 13.6. The Morgan fingerprint density at radius 1 is 1.29 bits per heavy atom. The fourth-order valence-electron chi connectivity index (χ4n) is 2.36. The SMILES string of the molecule is C=CCn1c(SCC(=O)Nc2cccc(F)c2)nc2ccccc21. The third-order valence-corrected chi connectivity index (χ3v) is 4.35. The molecule has 2 aromatic carbocycles. The minimum atomic E-state index is -0.381. The minimum absolute atomic E-state index is 0.191. The van der Waals surface area contributed by atoms with Gasteiger partial charge in [-0.15, -0.1) is 6.58 Å². The summed E-state index contributed by atoms with van der Waals surface area (Å²) in [4.78, 5) is 16.6. The quantitative estimate of drug-likeness (QED) is 0.542. The van der Waals surface area contributed by atoms with Crippen LogP contribution >= 0.6 is 11.8 Å². The van der Waals surface area contributed by atoms with Crippen molar-refractivity contribution in [2.45, 2.75) is 11.7 Å². The van der Waals surface area contributed by atoms with Gasteiger partial charge < -0.3 is 9.88 Å². The first-order valence-electron chi connectivity index (χ1n) is 7.42. The Labute approximate surface area is 143 Å². The molecule has 6 heteroatoms. The molecule has 1 amide bonds. The Balaban J connectivity index is 1.72. The summed E-state index contributed by atoms with van der Waals surface area (Å²) < 4.78 is 15.2. The van der Waals surface area contributed by atoms with Crippen LogP contribution in [0.1, 0.15) is 0 Å². The summed E-state index contributed by atoms with van der Waals surface area (Å²) in [6.07, 6.45) is 1.80. The lowest BCUT2D eigenvalue weighted by Crippen LogP contribution is -2.14. The van der Waals surface area contributed by atoms with Crippen LogP contribution in [0.2, 0.25) is 0 Å². The second-order valence-corrected chi connectivity index (χ2v) is 6.07. The van der Waals surface area contributed by atoms with Gasteiger partial charge in [0.2, 0.25) is 5.91 Å². The molecule has 0 aliphatic rings. The van der Waals surface area contributed by atoms with Crippen molar-refractivity contribution in [2.24, 2.45) is 0 Å². The second kappa shape index (κ2) is 7.31. The number of nitrogens with zero attached hydrogens (tertiary/aromatic N) is 2. The van der Waals surface area contributed by atoms with Crippen molar-refractivity contribution in [1.29, 1.82) is 0 Å². The van der Waals surface area contributed by atoms with Gasteiger partial charge in [0.25, 0.3) is 0 Å². The van der Waals surface area contributed by atoms with Gasteiger partial charge in [-0.25, -0.2) is 9.37 Å². The average Bonchev–Trinajstić information content (AvgIpc) is 2.91. The summed E-state index contributed by atoms with van der Waals surface area (Å²) in [5.74, 6) is -0.396. The van der Waals surface area contributed by atoms with Gasteiger partial charge in [-0.3, -0.25) is 4.79 Å². The number of thioether (sulfide) groups is 1. The van der Waals surface area contributed by atoms with E-state index < -0.39 is 0 Å². The molecule has 1 heterocycles. The summed E-state index contributed by atoms with van der Waals surface area (Å²) >= 11 is 1.34. The van der Waals surface area contributed by atoms with Gasteiger partial charge >= 0.3 is 0 Å². The maximum Gasteiger partial charge on any atom is 0.234 e. The first-order valence-corrected chi connectivity index (χ1v) is 8.40. The Hall–Kier alpha value is -2.60. The van der Waals surface area contributed by atoms with Crippen molar-refractivity contribution in [2.75, 3.05) is 11.1 Å². The highest BCUT2D eigenvalue weighted by Gasteiger charge is 2.12. The van der Waals surface area contributed by atoms with Gasteiger partial charge in [-0.2, -0.15) is 0 Å². The van der Waals surface area contributed by atoms with Gasteiger partial charge in [0.05, 0.1) is 16.8 Å². The van der Waals surface area contributed by atoms with E-state index in [1.807, 2.05) is 28.8 Å². The van der Waals surface area contributed by atoms with Crippen LogP contribution in [0, 0.1) is 5.82 Å². The van der Waals surface area contributed by atoms with Crippen LogP contribution in [0.5, 0.6) is 0 Å². The lowest BCUT2D eigenvalue weighted by molar-refractivity contribution is -0.113. The van der Waals surface area contributed by atoms with Crippen molar-refractivity contribution in [3.05, 3.63) is 67.0 Å². The normalized spacial score (nSPS) is 10.7. The van der Waals surface area contributed by atoms with Crippen LogP contribution in [-0.4, -0.2) is 21.2 Å². The molecule has 3 rings (SSSR count). The maximum absolute atomic E-state index is 13.1. The molecule has 0 atom stereocenters. The number of rotatable bonds is 6. The standard InChI is InChI=1S/C18H16FN3OS/c1-2-10-22-16-9-4-3-8-15(16)21-18(22)24-12-17(23)20-14-7-5-6-13(19)11-14/h2-9,11H,1,10,12H2,(H,20,23). The molecule has 0 aliphatic carbocycles. The fraction of sp³-hybridized carbons (Fsp3) is 0.111. The number of amides is 1. The Bertz CT molecular complexity index is 891. The molecule has 0 radical (unpaired) electrons. The first kappa shape index (κ1) is 16.3. The Kier molecular flexibility index (Phi) is 4.96. The fourth-order valence-corrected chi connectivity index (χ4v) is 3.19. The predicted octanol–water partition coefficient (Wildman–Crippen LogP) is 4.09. The number of anilines is 1. The number of nitrogens with one attached hydrogen (secondary N) is 1. The summed E-state index contributed by atoms with van der Waals surface area (Å²) in [5.41, 5.74) is 2.33. The number of allylic oxidation sites excluding steroid dienone is 1. The van der Waals surface area contributed by atoms with Crippen LogP contribution in [0.25, 0.3) is 11.0 Å². The van der Waals surface area contributed by atoms with Gasteiger partial charge in [-0.1, -0.05) is 36.0 Å². The van der Waals surface area contributed by atoms with E-state index in [0.29, 0.717) is 12.2 Å².